The van der Waals surface area contributed by atoms with Crippen LogP contribution < -0.4 is 15.8 Å². The number of hydrogen-bond donors (Lipinski definition) is 3. The maximum Gasteiger partial charge on any atom is 0.237 e. The molecule has 1 amide bonds. The SMILES string of the molecule is CC(C)[C@H](N)C(=O)NCCCNS(C)(=O)=O.Cl. The van der Waals surface area contributed by atoms with E-state index in [-0.39, 0.29) is 24.2 Å². The molecule has 0 aliphatic carbocycles. The van der Waals surface area contributed by atoms with Gasteiger partial charge in [-0.05, 0) is 12.3 Å². The number of nitrogens with two attached hydrogens (primary N) is 1. The molecule has 17 heavy (non-hydrogen) atoms. The van der Waals surface area contributed by atoms with Gasteiger partial charge in [-0.25, -0.2) is 13.1 Å². The van der Waals surface area contributed by atoms with E-state index >= 15 is 0 Å². The summed E-state index contributed by atoms with van der Waals surface area (Å²) in [6, 6.07) is -0.511. The Morgan fingerprint density at radius 2 is 1.82 bits per heavy atom. The van der Waals surface area contributed by atoms with Gasteiger partial charge in [0.25, 0.3) is 0 Å². The Hall–Kier alpha value is -0.370. The van der Waals surface area contributed by atoms with Gasteiger partial charge in [0.2, 0.25) is 15.9 Å². The molecule has 0 heterocycles. The van der Waals surface area contributed by atoms with Crippen molar-refractivity contribution in [1.29, 1.82) is 0 Å². The first kappa shape index (κ1) is 19.0. The van der Waals surface area contributed by atoms with E-state index in [0.29, 0.717) is 19.5 Å². The van der Waals surface area contributed by atoms with E-state index in [1.54, 1.807) is 0 Å². The second-order valence-corrected chi connectivity index (χ2v) is 5.91. The van der Waals surface area contributed by atoms with Gasteiger partial charge >= 0.3 is 0 Å². The van der Waals surface area contributed by atoms with Crippen molar-refractivity contribution in [2.24, 2.45) is 11.7 Å². The predicted molar refractivity (Wildman–Crippen MR) is 70.5 cm³/mol. The van der Waals surface area contributed by atoms with Crippen molar-refractivity contribution in [3.63, 3.8) is 0 Å². The van der Waals surface area contributed by atoms with Gasteiger partial charge < -0.3 is 11.1 Å². The molecular formula is C9H22ClN3O3S. The van der Waals surface area contributed by atoms with Gasteiger partial charge in [0, 0.05) is 13.1 Å². The van der Waals surface area contributed by atoms with Gasteiger partial charge in [-0.15, -0.1) is 12.4 Å². The fourth-order valence-corrected chi connectivity index (χ4v) is 1.49. The van der Waals surface area contributed by atoms with Crippen molar-refractivity contribution in [1.82, 2.24) is 10.0 Å². The lowest BCUT2D eigenvalue weighted by molar-refractivity contribution is -0.123. The van der Waals surface area contributed by atoms with Crippen LogP contribution in [0.1, 0.15) is 20.3 Å². The second-order valence-electron chi connectivity index (χ2n) is 4.08. The van der Waals surface area contributed by atoms with Crippen LogP contribution in [0.5, 0.6) is 0 Å². The maximum atomic E-state index is 11.4. The lowest BCUT2D eigenvalue weighted by atomic mass is 10.1. The van der Waals surface area contributed by atoms with Gasteiger partial charge in [0.1, 0.15) is 0 Å². The van der Waals surface area contributed by atoms with Gasteiger partial charge in [0.05, 0.1) is 12.3 Å². The van der Waals surface area contributed by atoms with Gasteiger partial charge in [-0.3, -0.25) is 4.79 Å². The van der Waals surface area contributed by atoms with E-state index < -0.39 is 16.1 Å². The maximum absolute atomic E-state index is 11.4. The molecule has 0 aromatic heterocycles. The average molecular weight is 288 g/mol. The highest BCUT2D eigenvalue weighted by molar-refractivity contribution is 7.88. The number of amides is 1. The molecule has 104 valence electrons. The van der Waals surface area contributed by atoms with Crippen LogP contribution in [0.15, 0.2) is 0 Å². The number of sulfonamides is 1. The Labute approximate surface area is 109 Å². The molecule has 0 spiro atoms. The summed E-state index contributed by atoms with van der Waals surface area (Å²) in [7, 11) is -3.14. The quantitative estimate of drug-likeness (QED) is 0.547. The normalized spacial score (nSPS) is 13.0. The highest BCUT2D eigenvalue weighted by atomic mass is 35.5. The number of halogens is 1. The van der Waals surface area contributed by atoms with E-state index in [9.17, 15) is 13.2 Å². The molecule has 0 saturated carbocycles. The molecule has 0 saturated heterocycles. The number of nitrogens with one attached hydrogen (secondary N) is 2. The Morgan fingerprint density at radius 3 is 2.24 bits per heavy atom. The van der Waals surface area contributed by atoms with E-state index in [1.807, 2.05) is 13.8 Å². The lowest BCUT2D eigenvalue weighted by Gasteiger charge is -2.15. The van der Waals surface area contributed by atoms with E-state index in [0.717, 1.165) is 6.26 Å². The Morgan fingerprint density at radius 1 is 1.29 bits per heavy atom. The average Bonchev–Trinajstić information content (AvgIpc) is 2.13. The third kappa shape index (κ3) is 10.5. The zero-order chi connectivity index (χ0) is 12.8. The van der Waals surface area contributed by atoms with Crippen LogP contribution in [0.4, 0.5) is 0 Å². The molecule has 0 aromatic carbocycles. The highest BCUT2D eigenvalue weighted by Gasteiger charge is 2.15. The standard InChI is InChI=1S/C9H21N3O3S.ClH/c1-7(2)8(10)9(13)11-5-4-6-12-16(3,14)15;/h7-8,12H,4-6,10H2,1-3H3,(H,11,13);1H/t8-;/m0./s1. The number of rotatable bonds is 7. The van der Waals surface area contributed by atoms with Gasteiger partial charge in [-0.1, -0.05) is 13.8 Å². The van der Waals surface area contributed by atoms with Crippen LogP contribution in [-0.4, -0.2) is 39.7 Å². The first-order valence-electron chi connectivity index (χ1n) is 5.22. The lowest BCUT2D eigenvalue weighted by Crippen LogP contribution is -2.44. The number of hydrogen-bond acceptors (Lipinski definition) is 4. The van der Waals surface area contributed by atoms with Crippen molar-refractivity contribution in [3.05, 3.63) is 0 Å². The molecular weight excluding hydrogens is 266 g/mol. The summed E-state index contributed by atoms with van der Waals surface area (Å²) in [4.78, 5) is 11.4. The summed E-state index contributed by atoms with van der Waals surface area (Å²) < 4.78 is 23.8. The van der Waals surface area contributed by atoms with Crippen molar-refractivity contribution < 1.29 is 13.2 Å². The molecule has 0 aromatic rings. The van der Waals surface area contributed by atoms with Crippen molar-refractivity contribution in [2.75, 3.05) is 19.3 Å². The Kier molecular flexibility index (Phi) is 9.69. The molecule has 0 aliphatic rings. The fraction of sp³-hybridized carbons (Fsp3) is 0.889. The summed E-state index contributed by atoms with van der Waals surface area (Å²) >= 11 is 0. The fourth-order valence-electron chi connectivity index (χ4n) is 0.978. The van der Waals surface area contributed by atoms with Gasteiger partial charge in [-0.2, -0.15) is 0 Å². The molecule has 4 N–H and O–H groups in total. The molecule has 8 heteroatoms. The highest BCUT2D eigenvalue weighted by Crippen LogP contribution is 1.97. The van der Waals surface area contributed by atoms with Crippen molar-refractivity contribution >= 4 is 28.3 Å². The third-order valence-corrected chi connectivity index (χ3v) is 2.77. The Bertz CT molecular complexity index is 319. The number of carbonyl (C=O) groups is 1. The smallest absolute Gasteiger partial charge is 0.237 e. The largest absolute Gasteiger partial charge is 0.355 e. The summed E-state index contributed by atoms with van der Waals surface area (Å²) in [5.41, 5.74) is 5.62. The zero-order valence-electron chi connectivity index (χ0n) is 10.4. The molecule has 1 atom stereocenters. The molecule has 0 unspecified atom stereocenters. The minimum atomic E-state index is -3.14. The predicted octanol–water partition coefficient (Wildman–Crippen LogP) is -0.553. The third-order valence-electron chi connectivity index (χ3n) is 2.04. The topological polar surface area (TPSA) is 101 Å². The van der Waals surface area contributed by atoms with Crippen molar-refractivity contribution in [3.8, 4) is 0 Å². The number of carbonyl (C=O) groups excluding carboxylic acids is 1. The minimum Gasteiger partial charge on any atom is -0.355 e. The second kappa shape index (κ2) is 8.68. The summed E-state index contributed by atoms with van der Waals surface area (Å²) in [6.07, 6.45) is 1.64. The monoisotopic (exact) mass is 287 g/mol. The van der Waals surface area contributed by atoms with Crippen LogP contribution in [0.3, 0.4) is 0 Å². The van der Waals surface area contributed by atoms with Crippen LogP contribution in [0, 0.1) is 5.92 Å². The summed E-state index contributed by atoms with van der Waals surface area (Å²) in [6.45, 7) is 4.47. The molecule has 0 bridgehead atoms. The molecule has 0 rings (SSSR count). The first-order valence-corrected chi connectivity index (χ1v) is 7.11. The van der Waals surface area contributed by atoms with Crippen LogP contribution in [-0.2, 0) is 14.8 Å². The molecule has 6 nitrogen and oxygen atoms in total. The molecule has 0 fully saturated rings. The van der Waals surface area contributed by atoms with E-state index in [2.05, 4.69) is 10.0 Å². The van der Waals surface area contributed by atoms with Crippen LogP contribution in [0.2, 0.25) is 0 Å². The Balaban J connectivity index is 0. The van der Waals surface area contributed by atoms with Gasteiger partial charge in [0.15, 0.2) is 0 Å². The van der Waals surface area contributed by atoms with E-state index in [4.69, 9.17) is 5.73 Å². The van der Waals surface area contributed by atoms with Crippen LogP contribution >= 0.6 is 12.4 Å². The minimum absolute atomic E-state index is 0. The van der Waals surface area contributed by atoms with Crippen molar-refractivity contribution in [2.45, 2.75) is 26.3 Å². The molecule has 0 aliphatic heterocycles. The summed E-state index contributed by atoms with van der Waals surface area (Å²) in [5, 5.41) is 2.65. The first-order chi connectivity index (χ1) is 7.24. The zero-order valence-corrected chi connectivity index (χ0v) is 12.0. The molecule has 0 radical (unpaired) electrons. The van der Waals surface area contributed by atoms with Crippen LogP contribution in [0.25, 0.3) is 0 Å². The summed E-state index contributed by atoms with van der Waals surface area (Å²) in [5.74, 6) is -0.108. The van der Waals surface area contributed by atoms with E-state index in [1.165, 1.54) is 0 Å².